The quantitative estimate of drug-likeness (QED) is 0.733. The van der Waals surface area contributed by atoms with Gasteiger partial charge in [-0.2, -0.15) is 17.0 Å². The van der Waals surface area contributed by atoms with E-state index in [1.54, 1.807) is 0 Å². The second kappa shape index (κ2) is 5.74. The van der Waals surface area contributed by atoms with Gasteiger partial charge in [0.2, 0.25) is 5.91 Å². The smallest absolute Gasteiger partial charge is 0.282 e. The second-order valence-corrected chi connectivity index (χ2v) is 7.14. The number of nitrogens with zero attached hydrogens (tertiary/aromatic N) is 2. The molecule has 2 aliphatic rings. The molecule has 8 heteroatoms. The lowest BCUT2D eigenvalue weighted by molar-refractivity contribution is -0.132. The van der Waals surface area contributed by atoms with Gasteiger partial charge in [0, 0.05) is 19.6 Å². The maximum Gasteiger partial charge on any atom is 0.282 e. The van der Waals surface area contributed by atoms with E-state index in [2.05, 4.69) is 6.92 Å². The van der Waals surface area contributed by atoms with Crippen LogP contribution in [0, 0.1) is 5.92 Å². The summed E-state index contributed by atoms with van der Waals surface area (Å²) in [5.74, 6) is -0.0540. The number of piperidine rings is 1. The third kappa shape index (κ3) is 3.25. The summed E-state index contributed by atoms with van der Waals surface area (Å²) < 4.78 is 32.9. The standard InChI is InChI=1S/C11H21N3O4S/c1-9-2-4-13(5-3-9)19(16,17)14-6-7-18-10(8-14)11(12)15/h9-10H,2-8H2,1H3,(H2,12,15)/t10-/m0/s1. The van der Waals surface area contributed by atoms with Gasteiger partial charge in [-0.1, -0.05) is 6.92 Å². The number of primary amides is 1. The number of nitrogens with two attached hydrogens (primary N) is 1. The Hall–Kier alpha value is -0.700. The lowest BCUT2D eigenvalue weighted by Crippen LogP contribution is -2.55. The fraction of sp³-hybridized carbons (Fsp3) is 0.909. The van der Waals surface area contributed by atoms with Crippen LogP contribution in [-0.2, 0) is 19.7 Å². The Labute approximate surface area is 113 Å². The lowest BCUT2D eigenvalue weighted by atomic mass is 10.0. The third-order valence-corrected chi connectivity index (χ3v) is 5.74. The first-order valence-corrected chi connectivity index (χ1v) is 7.97. The number of hydrogen-bond acceptors (Lipinski definition) is 4. The highest BCUT2D eigenvalue weighted by molar-refractivity contribution is 7.86. The number of hydrogen-bond donors (Lipinski definition) is 1. The zero-order chi connectivity index (χ0) is 14.0. The fourth-order valence-corrected chi connectivity index (χ4v) is 4.01. The molecule has 2 rings (SSSR count). The monoisotopic (exact) mass is 291 g/mol. The van der Waals surface area contributed by atoms with Crippen LogP contribution in [-0.4, -0.2) is 61.8 Å². The van der Waals surface area contributed by atoms with Crippen molar-refractivity contribution in [2.75, 3.05) is 32.8 Å². The summed E-state index contributed by atoms with van der Waals surface area (Å²) >= 11 is 0. The van der Waals surface area contributed by atoms with E-state index in [0.29, 0.717) is 19.0 Å². The fourth-order valence-electron chi connectivity index (χ4n) is 2.39. The molecule has 7 nitrogen and oxygen atoms in total. The Kier molecular flexibility index (Phi) is 4.44. The van der Waals surface area contributed by atoms with Gasteiger partial charge in [-0.15, -0.1) is 0 Å². The molecule has 2 heterocycles. The highest BCUT2D eigenvalue weighted by Gasteiger charge is 2.36. The van der Waals surface area contributed by atoms with E-state index in [1.807, 2.05) is 0 Å². The molecule has 0 spiro atoms. The molecule has 2 saturated heterocycles. The van der Waals surface area contributed by atoms with E-state index in [4.69, 9.17) is 10.5 Å². The van der Waals surface area contributed by atoms with E-state index >= 15 is 0 Å². The molecular weight excluding hydrogens is 270 g/mol. The average molecular weight is 291 g/mol. The number of morpholine rings is 1. The summed E-state index contributed by atoms with van der Waals surface area (Å²) in [5.41, 5.74) is 5.17. The largest absolute Gasteiger partial charge is 0.367 e. The zero-order valence-electron chi connectivity index (χ0n) is 11.1. The molecule has 1 amide bonds. The molecule has 0 radical (unpaired) electrons. The van der Waals surface area contributed by atoms with E-state index < -0.39 is 22.2 Å². The maximum absolute atomic E-state index is 12.5. The molecule has 0 aromatic rings. The zero-order valence-corrected chi connectivity index (χ0v) is 11.9. The van der Waals surface area contributed by atoms with E-state index in [0.717, 1.165) is 12.8 Å². The van der Waals surface area contributed by atoms with Crippen LogP contribution in [0.2, 0.25) is 0 Å². The van der Waals surface area contributed by atoms with E-state index in [1.165, 1.54) is 8.61 Å². The van der Waals surface area contributed by atoms with Crippen LogP contribution < -0.4 is 5.73 Å². The first-order valence-electron chi connectivity index (χ1n) is 6.57. The van der Waals surface area contributed by atoms with Crippen LogP contribution in [0.4, 0.5) is 0 Å². The van der Waals surface area contributed by atoms with Crippen LogP contribution >= 0.6 is 0 Å². The molecule has 2 aliphatic heterocycles. The van der Waals surface area contributed by atoms with Crippen molar-refractivity contribution in [2.24, 2.45) is 11.7 Å². The van der Waals surface area contributed by atoms with Crippen molar-refractivity contribution in [1.29, 1.82) is 0 Å². The van der Waals surface area contributed by atoms with Gasteiger partial charge in [0.05, 0.1) is 13.2 Å². The Morgan fingerprint density at radius 2 is 1.84 bits per heavy atom. The molecule has 19 heavy (non-hydrogen) atoms. The minimum atomic E-state index is -3.50. The minimum absolute atomic E-state index is 0.0176. The summed E-state index contributed by atoms with van der Waals surface area (Å²) in [5, 5.41) is 0. The molecule has 0 saturated carbocycles. The van der Waals surface area contributed by atoms with Gasteiger partial charge < -0.3 is 10.5 Å². The van der Waals surface area contributed by atoms with Gasteiger partial charge in [-0.25, -0.2) is 0 Å². The molecule has 0 unspecified atom stereocenters. The third-order valence-electron chi connectivity index (χ3n) is 3.74. The highest BCUT2D eigenvalue weighted by atomic mass is 32.2. The number of rotatable bonds is 3. The van der Waals surface area contributed by atoms with Crippen molar-refractivity contribution in [2.45, 2.75) is 25.9 Å². The van der Waals surface area contributed by atoms with Crippen molar-refractivity contribution in [3.63, 3.8) is 0 Å². The summed E-state index contributed by atoms with van der Waals surface area (Å²) in [6, 6.07) is 0. The topological polar surface area (TPSA) is 92.9 Å². The van der Waals surface area contributed by atoms with Crippen LogP contribution in [0.1, 0.15) is 19.8 Å². The van der Waals surface area contributed by atoms with Gasteiger partial charge in [0.25, 0.3) is 10.2 Å². The first kappa shape index (κ1) is 14.7. The van der Waals surface area contributed by atoms with Crippen molar-refractivity contribution in [1.82, 2.24) is 8.61 Å². The number of carbonyl (C=O) groups is 1. The summed E-state index contributed by atoms with van der Waals surface area (Å²) in [6.45, 7) is 3.71. The number of ether oxygens (including phenoxy) is 1. The maximum atomic E-state index is 12.5. The summed E-state index contributed by atoms with van der Waals surface area (Å²) in [4.78, 5) is 11.1. The highest BCUT2D eigenvalue weighted by Crippen LogP contribution is 2.22. The van der Waals surface area contributed by atoms with Gasteiger partial charge in [0.1, 0.15) is 6.10 Å². The minimum Gasteiger partial charge on any atom is -0.367 e. The Bertz CT molecular complexity index is 431. The molecule has 0 aromatic heterocycles. The molecule has 0 aromatic carbocycles. The second-order valence-electron chi connectivity index (χ2n) is 5.21. The van der Waals surface area contributed by atoms with Crippen LogP contribution in [0.25, 0.3) is 0 Å². The Balaban J connectivity index is 2.04. The molecule has 2 fully saturated rings. The van der Waals surface area contributed by atoms with Gasteiger partial charge in [-0.05, 0) is 18.8 Å². The molecule has 110 valence electrons. The normalized spacial score (nSPS) is 28.4. The van der Waals surface area contributed by atoms with Gasteiger partial charge in [-0.3, -0.25) is 4.79 Å². The summed E-state index contributed by atoms with van der Waals surface area (Å²) in [7, 11) is -3.50. The average Bonchev–Trinajstić information content (AvgIpc) is 2.39. The van der Waals surface area contributed by atoms with Gasteiger partial charge >= 0.3 is 0 Å². The van der Waals surface area contributed by atoms with Gasteiger partial charge in [0.15, 0.2) is 0 Å². The Morgan fingerprint density at radius 3 is 2.42 bits per heavy atom. The van der Waals surface area contributed by atoms with Crippen LogP contribution in [0.3, 0.4) is 0 Å². The predicted molar refractivity (Wildman–Crippen MR) is 69.4 cm³/mol. The van der Waals surface area contributed by atoms with Crippen molar-refractivity contribution in [3.05, 3.63) is 0 Å². The van der Waals surface area contributed by atoms with E-state index in [9.17, 15) is 13.2 Å². The predicted octanol–water partition coefficient (Wildman–Crippen LogP) is -0.851. The van der Waals surface area contributed by atoms with Crippen molar-refractivity contribution < 1.29 is 17.9 Å². The van der Waals surface area contributed by atoms with Crippen molar-refractivity contribution >= 4 is 16.1 Å². The first-order chi connectivity index (χ1) is 8.91. The number of amides is 1. The van der Waals surface area contributed by atoms with E-state index in [-0.39, 0.29) is 19.7 Å². The van der Waals surface area contributed by atoms with Crippen molar-refractivity contribution in [3.8, 4) is 0 Å². The molecule has 0 aliphatic carbocycles. The molecular formula is C11H21N3O4S. The molecule has 1 atom stereocenters. The van der Waals surface area contributed by atoms with Crippen LogP contribution in [0.5, 0.6) is 0 Å². The Morgan fingerprint density at radius 1 is 1.21 bits per heavy atom. The molecule has 0 bridgehead atoms. The molecule has 2 N–H and O–H groups in total. The summed E-state index contributed by atoms with van der Waals surface area (Å²) in [6.07, 6.45) is 0.915. The van der Waals surface area contributed by atoms with Crippen LogP contribution in [0.15, 0.2) is 0 Å². The number of carbonyl (C=O) groups excluding carboxylic acids is 1. The lowest BCUT2D eigenvalue weighted by Gasteiger charge is -2.37. The SMILES string of the molecule is CC1CCN(S(=O)(=O)N2CCO[C@H](C(N)=O)C2)CC1.